The first-order chi connectivity index (χ1) is 10.9. The zero-order valence-corrected chi connectivity index (χ0v) is 14.0. The number of imidazole rings is 1. The van der Waals surface area contributed by atoms with E-state index in [1.54, 1.807) is 12.5 Å². The molecular formula is C18H25N3O2. The van der Waals surface area contributed by atoms with Crippen LogP contribution >= 0.6 is 0 Å². The summed E-state index contributed by atoms with van der Waals surface area (Å²) in [4.78, 5) is 16.2. The SMILES string of the molecule is CC(C)(C)[C@@H](Cn1ccnc1)NC(=O)COCc1ccccc1. The van der Waals surface area contributed by atoms with Crippen LogP contribution in [0.1, 0.15) is 26.3 Å². The Hall–Kier alpha value is -2.14. The molecule has 1 aromatic heterocycles. The minimum absolute atomic E-state index is 0.00419. The molecule has 0 aliphatic rings. The number of aromatic nitrogens is 2. The molecule has 0 fully saturated rings. The summed E-state index contributed by atoms with van der Waals surface area (Å²) < 4.78 is 7.47. The summed E-state index contributed by atoms with van der Waals surface area (Å²) in [6.45, 7) is 7.52. The second-order valence-corrected chi connectivity index (χ2v) is 6.72. The fourth-order valence-electron chi connectivity index (χ4n) is 2.21. The number of hydrogen-bond donors (Lipinski definition) is 1. The van der Waals surface area contributed by atoms with Crippen molar-refractivity contribution in [2.75, 3.05) is 6.61 Å². The highest BCUT2D eigenvalue weighted by molar-refractivity contribution is 5.77. The smallest absolute Gasteiger partial charge is 0.246 e. The lowest BCUT2D eigenvalue weighted by molar-refractivity contribution is -0.127. The molecule has 1 heterocycles. The van der Waals surface area contributed by atoms with Gasteiger partial charge in [0.05, 0.1) is 19.0 Å². The van der Waals surface area contributed by atoms with Crippen LogP contribution in [0.25, 0.3) is 0 Å². The van der Waals surface area contributed by atoms with Gasteiger partial charge in [0.2, 0.25) is 5.91 Å². The molecule has 5 heteroatoms. The number of amides is 1. The van der Waals surface area contributed by atoms with Gasteiger partial charge in [-0.05, 0) is 11.0 Å². The van der Waals surface area contributed by atoms with E-state index in [0.29, 0.717) is 13.2 Å². The number of carbonyl (C=O) groups excluding carboxylic acids is 1. The molecule has 1 aromatic carbocycles. The number of hydrogen-bond acceptors (Lipinski definition) is 3. The van der Waals surface area contributed by atoms with Crippen molar-refractivity contribution < 1.29 is 9.53 Å². The Morgan fingerprint density at radius 1 is 1.30 bits per heavy atom. The Labute approximate surface area is 137 Å². The summed E-state index contributed by atoms with van der Waals surface area (Å²) in [7, 11) is 0. The van der Waals surface area contributed by atoms with Gasteiger partial charge in [0.25, 0.3) is 0 Å². The molecule has 0 aliphatic carbocycles. The quantitative estimate of drug-likeness (QED) is 0.854. The zero-order valence-electron chi connectivity index (χ0n) is 14.0. The minimum Gasteiger partial charge on any atom is -0.367 e. The van der Waals surface area contributed by atoms with Crippen molar-refractivity contribution >= 4 is 5.91 Å². The molecule has 0 saturated carbocycles. The lowest BCUT2D eigenvalue weighted by Gasteiger charge is -2.31. The van der Waals surface area contributed by atoms with Gasteiger partial charge in [-0.1, -0.05) is 51.1 Å². The molecule has 23 heavy (non-hydrogen) atoms. The molecule has 0 bridgehead atoms. The van der Waals surface area contributed by atoms with Crippen LogP contribution in [0.5, 0.6) is 0 Å². The first-order valence-electron chi connectivity index (χ1n) is 7.82. The highest BCUT2D eigenvalue weighted by atomic mass is 16.5. The molecule has 0 saturated heterocycles. The second-order valence-electron chi connectivity index (χ2n) is 6.72. The second kappa shape index (κ2) is 7.92. The molecule has 0 spiro atoms. The molecule has 1 atom stereocenters. The molecule has 2 aromatic rings. The molecule has 2 rings (SSSR count). The monoisotopic (exact) mass is 315 g/mol. The molecule has 1 N–H and O–H groups in total. The molecule has 1 amide bonds. The average Bonchev–Trinajstić information content (AvgIpc) is 3.00. The van der Waals surface area contributed by atoms with Gasteiger partial charge in [-0.3, -0.25) is 4.79 Å². The van der Waals surface area contributed by atoms with Crippen molar-refractivity contribution in [3.63, 3.8) is 0 Å². The van der Waals surface area contributed by atoms with Crippen molar-refractivity contribution in [2.45, 2.75) is 40.0 Å². The first kappa shape index (κ1) is 17.2. The summed E-state index contributed by atoms with van der Waals surface area (Å²) in [5, 5.41) is 3.07. The summed E-state index contributed by atoms with van der Waals surface area (Å²) in [5.41, 5.74) is 1.01. The number of carbonyl (C=O) groups is 1. The molecule has 5 nitrogen and oxygen atoms in total. The highest BCUT2D eigenvalue weighted by Gasteiger charge is 2.26. The van der Waals surface area contributed by atoms with Crippen molar-refractivity contribution in [1.82, 2.24) is 14.9 Å². The van der Waals surface area contributed by atoms with Gasteiger partial charge < -0.3 is 14.6 Å². The minimum atomic E-state index is -0.0963. The van der Waals surface area contributed by atoms with E-state index in [1.807, 2.05) is 41.1 Å². The van der Waals surface area contributed by atoms with E-state index in [9.17, 15) is 4.79 Å². The van der Waals surface area contributed by atoms with Gasteiger partial charge in [0.15, 0.2) is 0 Å². The summed E-state index contributed by atoms with van der Waals surface area (Å²) in [5.74, 6) is -0.0963. The Bertz CT molecular complexity index is 588. The Morgan fingerprint density at radius 3 is 2.65 bits per heavy atom. The van der Waals surface area contributed by atoms with Gasteiger partial charge in [0, 0.05) is 18.9 Å². The predicted molar refractivity (Wildman–Crippen MR) is 89.7 cm³/mol. The van der Waals surface area contributed by atoms with Crippen LogP contribution in [0.3, 0.4) is 0 Å². The molecule has 0 aliphatic heterocycles. The van der Waals surface area contributed by atoms with Gasteiger partial charge in [0.1, 0.15) is 6.61 Å². The maximum atomic E-state index is 12.2. The van der Waals surface area contributed by atoms with Crippen molar-refractivity contribution in [1.29, 1.82) is 0 Å². The number of rotatable bonds is 7. The van der Waals surface area contributed by atoms with E-state index >= 15 is 0 Å². The van der Waals surface area contributed by atoms with E-state index in [4.69, 9.17) is 4.74 Å². The maximum Gasteiger partial charge on any atom is 0.246 e. The van der Waals surface area contributed by atoms with E-state index < -0.39 is 0 Å². The van der Waals surface area contributed by atoms with Gasteiger partial charge >= 0.3 is 0 Å². The Morgan fingerprint density at radius 2 is 2.04 bits per heavy atom. The third-order valence-corrected chi connectivity index (χ3v) is 3.68. The molecule has 0 radical (unpaired) electrons. The number of nitrogens with zero attached hydrogens (tertiary/aromatic N) is 2. The van der Waals surface area contributed by atoms with Crippen LogP contribution in [-0.4, -0.2) is 28.1 Å². The average molecular weight is 315 g/mol. The van der Waals surface area contributed by atoms with Gasteiger partial charge in [-0.2, -0.15) is 0 Å². The van der Waals surface area contributed by atoms with Crippen LogP contribution in [0.15, 0.2) is 49.1 Å². The third kappa shape index (κ3) is 5.87. The molecule has 124 valence electrons. The van der Waals surface area contributed by atoms with E-state index in [1.165, 1.54) is 0 Å². The summed E-state index contributed by atoms with van der Waals surface area (Å²) in [6, 6.07) is 9.84. The van der Waals surface area contributed by atoms with E-state index in [2.05, 4.69) is 31.1 Å². The third-order valence-electron chi connectivity index (χ3n) is 3.68. The largest absolute Gasteiger partial charge is 0.367 e. The normalized spacial score (nSPS) is 12.8. The zero-order chi connectivity index (χ0) is 16.7. The summed E-state index contributed by atoms with van der Waals surface area (Å²) >= 11 is 0. The lowest BCUT2D eigenvalue weighted by Crippen LogP contribution is -2.47. The molecular weight excluding hydrogens is 290 g/mol. The first-order valence-corrected chi connectivity index (χ1v) is 7.82. The van der Waals surface area contributed by atoms with Crippen LogP contribution < -0.4 is 5.32 Å². The number of benzene rings is 1. The van der Waals surface area contributed by atoms with Crippen molar-refractivity contribution in [2.24, 2.45) is 5.41 Å². The lowest BCUT2D eigenvalue weighted by atomic mass is 9.86. The Balaban J connectivity index is 1.82. The van der Waals surface area contributed by atoms with Crippen LogP contribution in [0.2, 0.25) is 0 Å². The van der Waals surface area contributed by atoms with E-state index in [-0.39, 0.29) is 24.0 Å². The standard InChI is InChI=1S/C18H25N3O2/c1-18(2,3)16(11-21-10-9-19-14-21)20-17(22)13-23-12-15-7-5-4-6-8-15/h4-10,14,16H,11-13H2,1-3H3,(H,20,22)/t16-/m1/s1. The van der Waals surface area contributed by atoms with Crippen LogP contribution in [-0.2, 0) is 22.7 Å². The molecule has 0 unspecified atom stereocenters. The highest BCUT2D eigenvalue weighted by Crippen LogP contribution is 2.20. The maximum absolute atomic E-state index is 12.2. The fraction of sp³-hybridized carbons (Fsp3) is 0.444. The van der Waals surface area contributed by atoms with Gasteiger partial charge in [-0.25, -0.2) is 4.98 Å². The van der Waals surface area contributed by atoms with Gasteiger partial charge in [-0.15, -0.1) is 0 Å². The topological polar surface area (TPSA) is 56.2 Å². The fourth-order valence-corrected chi connectivity index (χ4v) is 2.21. The predicted octanol–water partition coefficient (Wildman–Crippen LogP) is 2.63. The number of ether oxygens (including phenoxy) is 1. The van der Waals surface area contributed by atoms with Crippen molar-refractivity contribution in [3.8, 4) is 0 Å². The Kier molecular flexibility index (Phi) is 5.93. The van der Waals surface area contributed by atoms with E-state index in [0.717, 1.165) is 5.56 Å². The number of nitrogens with one attached hydrogen (secondary N) is 1. The van der Waals surface area contributed by atoms with Crippen molar-refractivity contribution in [3.05, 3.63) is 54.6 Å². The summed E-state index contributed by atoms with van der Waals surface area (Å²) in [6.07, 6.45) is 5.40. The van der Waals surface area contributed by atoms with Crippen LogP contribution in [0, 0.1) is 5.41 Å². The van der Waals surface area contributed by atoms with Crippen LogP contribution in [0.4, 0.5) is 0 Å².